The molecule has 0 aliphatic carbocycles. The minimum Gasteiger partial charge on any atom is -0.292 e. The topological polar surface area (TPSA) is 17.8 Å². The lowest BCUT2D eigenvalue weighted by molar-refractivity contribution is 0.811. The fourth-order valence-corrected chi connectivity index (χ4v) is 3.85. The predicted octanol–water partition coefficient (Wildman–Crippen LogP) is 7.25. The Hall–Kier alpha value is -2.87. The maximum absolute atomic E-state index is 8.85. The highest BCUT2D eigenvalue weighted by atomic mass is 15.1. The van der Waals surface area contributed by atoms with E-state index in [9.17, 15) is 0 Å². The fraction of sp³-hybridized carbons (Fsp3) is 0.269. The van der Waals surface area contributed by atoms with Crippen LogP contribution in [-0.2, 0) is 0 Å². The molecule has 1 aromatic heterocycles. The first-order valence-corrected chi connectivity index (χ1v) is 9.77. The Morgan fingerprint density at radius 1 is 0.786 bits per heavy atom. The molecule has 0 bridgehead atoms. The number of aryl methyl sites for hydroxylation is 1. The molecule has 0 N–H and O–H groups in total. The van der Waals surface area contributed by atoms with Gasteiger partial charge in [-0.1, -0.05) is 82.3 Å². The van der Waals surface area contributed by atoms with Gasteiger partial charge in [0, 0.05) is 8.30 Å². The van der Waals surface area contributed by atoms with E-state index in [0.717, 1.165) is 44.8 Å². The molecule has 0 saturated carbocycles. The molecule has 0 atom stereocenters. The highest BCUT2D eigenvalue weighted by Gasteiger charge is 2.22. The number of hydrogen-bond donors (Lipinski definition) is 0. The van der Waals surface area contributed by atoms with Gasteiger partial charge in [-0.05, 0) is 47.5 Å². The summed E-state index contributed by atoms with van der Waals surface area (Å²) in [5.41, 5.74) is 6.75. The van der Waals surface area contributed by atoms with Gasteiger partial charge in [-0.25, -0.2) is 4.98 Å². The smallest absolute Gasteiger partial charge is 0.146 e. The van der Waals surface area contributed by atoms with E-state index in [2.05, 4.69) is 29.7 Å². The standard InChI is InChI=1S/C26H28N2/c1-17(2)20-13-10-14-21(18(3)4)25(20)28-24-16-9-8-15-23(24)27-26(28)22-12-7-6-11-19(22)5/h6-18H,1-5H3/i17D,18D. The Labute approximate surface area is 170 Å². The summed E-state index contributed by atoms with van der Waals surface area (Å²) >= 11 is 0. The quantitative estimate of drug-likeness (QED) is 0.370. The van der Waals surface area contributed by atoms with Crippen molar-refractivity contribution in [2.75, 3.05) is 0 Å². The van der Waals surface area contributed by atoms with Crippen LogP contribution in [0, 0.1) is 6.92 Å². The second kappa shape index (κ2) is 7.27. The minimum absolute atomic E-state index is 0.828. The highest BCUT2D eigenvalue weighted by molar-refractivity contribution is 5.84. The summed E-state index contributed by atoms with van der Waals surface area (Å²) in [7, 11) is 0. The van der Waals surface area contributed by atoms with E-state index in [0.29, 0.717) is 0 Å². The summed E-state index contributed by atoms with van der Waals surface area (Å²) in [4.78, 5) is 5.01. The van der Waals surface area contributed by atoms with Crippen LogP contribution in [0.5, 0.6) is 0 Å². The van der Waals surface area contributed by atoms with E-state index in [1.807, 2.05) is 76.2 Å². The summed E-state index contributed by atoms with van der Waals surface area (Å²) < 4.78 is 19.9. The molecule has 0 saturated heterocycles. The molecule has 0 aliphatic heterocycles. The summed E-state index contributed by atoms with van der Waals surface area (Å²) in [6.45, 7) is 9.70. The summed E-state index contributed by atoms with van der Waals surface area (Å²) in [6.07, 6.45) is 0. The van der Waals surface area contributed by atoms with Gasteiger partial charge in [-0.3, -0.25) is 4.57 Å². The van der Waals surface area contributed by atoms with Crippen LogP contribution in [-0.4, -0.2) is 9.55 Å². The van der Waals surface area contributed by atoms with Crippen molar-refractivity contribution in [3.8, 4) is 17.1 Å². The number of nitrogens with zero attached hydrogens (tertiary/aromatic N) is 2. The van der Waals surface area contributed by atoms with E-state index in [-0.39, 0.29) is 0 Å². The number of rotatable bonds is 4. The van der Waals surface area contributed by atoms with E-state index in [4.69, 9.17) is 7.73 Å². The zero-order valence-corrected chi connectivity index (χ0v) is 17.2. The molecule has 4 aromatic rings. The van der Waals surface area contributed by atoms with Gasteiger partial charge in [0.2, 0.25) is 0 Å². The van der Waals surface area contributed by atoms with Crippen molar-refractivity contribution in [2.45, 2.75) is 46.4 Å². The van der Waals surface area contributed by atoms with Crippen molar-refractivity contribution in [2.24, 2.45) is 0 Å². The Balaban J connectivity index is 2.21. The fourth-order valence-electron chi connectivity index (χ4n) is 3.85. The van der Waals surface area contributed by atoms with Crippen LogP contribution in [0.3, 0.4) is 0 Å². The molecule has 142 valence electrons. The summed E-state index contributed by atoms with van der Waals surface area (Å²) in [5, 5.41) is 0. The highest BCUT2D eigenvalue weighted by Crippen LogP contribution is 2.37. The second-order valence-electron chi connectivity index (χ2n) is 7.78. The zero-order valence-electron chi connectivity index (χ0n) is 19.2. The molecule has 2 nitrogen and oxygen atoms in total. The normalized spacial score (nSPS) is 13.5. The van der Waals surface area contributed by atoms with E-state index < -0.39 is 11.8 Å². The SMILES string of the molecule is [2H]C(C)(C)c1cccc(C([2H])(C)C)c1-n1c(-c2ccccc2C)nc2ccccc21. The van der Waals surface area contributed by atoms with Crippen LogP contribution < -0.4 is 0 Å². The third-order valence-electron chi connectivity index (χ3n) is 5.28. The third-order valence-corrected chi connectivity index (χ3v) is 5.28. The molecule has 4 rings (SSSR count). The minimum atomic E-state index is -0.828. The van der Waals surface area contributed by atoms with Gasteiger partial charge < -0.3 is 0 Å². The van der Waals surface area contributed by atoms with Crippen LogP contribution in [0.4, 0.5) is 0 Å². The lowest BCUT2D eigenvalue weighted by Gasteiger charge is -2.22. The van der Waals surface area contributed by atoms with Gasteiger partial charge in [-0.15, -0.1) is 0 Å². The molecule has 0 aliphatic rings. The van der Waals surface area contributed by atoms with E-state index in [1.165, 1.54) is 0 Å². The zero-order chi connectivity index (χ0) is 21.7. The van der Waals surface area contributed by atoms with Crippen molar-refractivity contribution in [3.63, 3.8) is 0 Å². The first-order chi connectivity index (χ1) is 14.1. The maximum Gasteiger partial charge on any atom is 0.146 e. The van der Waals surface area contributed by atoms with Gasteiger partial charge >= 0.3 is 0 Å². The number of para-hydroxylation sites is 3. The lowest BCUT2D eigenvalue weighted by Crippen LogP contribution is -2.08. The van der Waals surface area contributed by atoms with Crippen LogP contribution in [0.1, 0.15) is 58.9 Å². The van der Waals surface area contributed by atoms with Crippen LogP contribution in [0.15, 0.2) is 66.7 Å². The average molecular weight is 371 g/mol. The largest absolute Gasteiger partial charge is 0.292 e. The molecule has 1 heterocycles. The van der Waals surface area contributed by atoms with Crippen LogP contribution >= 0.6 is 0 Å². The Morgan fingerprint density at radius 3 is 2.04 bits per heavy atom. The molecule has 3 aromatic carbocycles. The predicted molar refractivity (Wildman–Crippen MR) is 119 cm³/mol. The first-order valence-electron chi connectivity index (χ1n) is 10.8. The lowest BCUT2D eigenvalue weighted by atomic mass is 9.92. The molecule has 0 unspecified atom stereocenters. The molecule has 0 spiro atoms. The summed E-state index contributed by atoms with van der Waals surface area (Å²) in [5.74, 6) is -0.813. The molecule has 28 heavy (non-hydrogen) atoms. The van der Waals surface area contributed by atoms with E-state index in [1.54, 1.807) is 0 Å². The number of imidazole rings is 1. The van der Waals surface area contributed by atoms with Gasteiger partial charge in [0.1, 0.15) is 5.82 Å². The number of hydrogen-bond acceptors (Lipinski definition) is 1. The molecule has 0 fully saturated rings. The Morgan fingerprint density at radius 2 is 1.39 bits per heavy atom. The van der Waals surface area contributed by atoms with Gasteiger partial charge in [0.05, 0.1) is 16.7 Å². The first kappa shape index (κ1) is 16.1. The average Bonchev–Trinajstić information content (AvgIpc) is 3.05. The third kappa shape index (κ3) is 3.03. The van der Waals surface area contributed by atoms with Crippen molar-refractivity contribution in [1.82, 2.24) is 9.55 Å². The maximum atomic E-state index is 8.85. The number of fused-ring (bicyclic) bond motifs is 1. The van der Waals surface area contributed by atoms with Crippen molar-refractivity contribution in [1.29, 1.82) is 0 Å². The Bertz CT molecular complexity index is 1190. The molecule has 0 radical (unpaired) electrons. The molecule has 0 amide bonds. The molecular weight excluding hydrogens is 340 g/mol. The van der Waals surface area contributed by atoms with Crippen molar-refractivity contribution >= 4 is 11.0 Å². The van der Waals surface area contributed by atoms with Gasteiger partial charge in [0.15, 0.2) is 0 Å². The van der Waals surface area contributed by atoms with E-state index >= 15 is 0 Å². The second-order valence-corrected chi connectivity index (χ2v) is 7.78. The Kier molecular flexibility index (Phi) is 4.19. The molecular formula is C26H28N2. The number of benzene rings is 3. The monoisotopic (exact) mass is 370 g/mol. The van der Waals surface area contributed by atoms with Crippen LogP contribution in [0.2, 0.25) is 0 Å². The van der Waals surface area contributed by atoms with Gasteiger partial charge in [0.25, 0.3) is 0 Å². The van der Waals surface area contributed by atoms with Crippen molar-refractivity contribution < 1.29 is 2.74 Å². The molecule has 2 heteroatoms. The van der Waals surface area contributed by atoms with Gasteiger partial charge in [-0.2, -0.15) is 0 Å². The van der Waals surface area contributed by atoms with Crippen molar-refractivity contribution in [3.05, 3.63) is 83.4 Å². The van der Waals surface area contributed by atoms with Crippen LogP contribution in [0.25, 0.3) is 28.1 Å². The number of aromatic nitrogens is 2. The summed E-state index contributed by atoms with van der Waals surface area (Å²) in [6, 6.07) is 22.3.